The Balaban J connectivity index is 2.47. The van der Waals surface area contributed by atoms with Gasteiger partial charge in [-0.05, 0) is 36.0 Å². The van der Waals surface area contributed by atoms with Crippen LogP contribution in [0.5, 0.6) is 0 Å². The first-order valence-electron chi connectivity index (χ1n) is 5.83. The highest BCUT2D eigenvalue weighted by atomic mass is 19.2. The van der Waals surface area contributed by atoms with E-state index in [9.17, 15) is 18.3 Å². The number of allylic oxidation sites excluding steroid dienone is 1. The highest BCUT2D eigenvalue weighted by Crippen LogP contribution is 2.40. The Labute approximate surface area is 104 Å². The van der Waals surface area contributed by atoms with Crippen molar-refractivity contribution in [3.05, 3.63) is 41.2 Å². The smallest absolute Gasteiger partial charge is 0.195 e. The van der Waals surface area contributed by atoms with Crippen LogP contribution in [0.15, 0.2) is 18.2 Å². The predicted octanol–water partition coefficient (Wildman–Crippen LogP) is 3.67. The molecule has 0 fully saturated rings. The molecule has 4 heteroatoms. The van der Waals surface area contributed by atoms with E-state index in [1.165, 1.54) is 12.1 Å². The molecule has 0 aromatic heterocycles. The summed E-state index contributed by atoms with van der Waals surface area (Å²) in [5, 5.41) is 9.72. The van der Waals surface area contributed by atoms with Crippen molar-refractivity contribution in [2.45, 2.75) is 32.8 Å². The lowest BCUT2D eigenvalue weighted by molar-refractivity contribution is 0.146. The van der Waals surface area contributed by atoms with Gasteiger partial charge >= 0.3 is 0 Å². The van der Waals surface area contributed by atoms with Gasteiger partial charge in [0.05, 0.1) is 6.10 Å². The summed E-state index contributed by atoms with van der Waals surface area (Å²) >= 11 is 0. The second kappa shape index (κ2) is 4.43. The summed E-state index contributed by atoms with van der Waals surface area (Å²) in [5.74, 6) is -3.86. The molecule has 98 valence electrons. The van der Waals surface area contributed by atoms with Crippen LogP contribution in [0.25, 0.3) is 5.57 Å². The molecule has 0 radical (unpaired) electrons. The van der Waals surface area contributed by atoms with Crippen molar-refractivity contribution in [2.24, 2.45) is 5.41 Å². The molecule has 0 aliphatic heterocycles. The third-order valence-electron chi connectivity index (χ3n) is 3.21. The molecule has 0 saturated heterocycles. The zero-order valence-electron chi connectivity index (χ0n) is 10.3. The van der Waals surface area contributed by atoms with Gasteiger partial charge in [-0.2, -0.15) is 0 Å². The maximum atomic E-state index is 13.7. The molecule has 0 bridgehead atoms. The SMILES string of the molecule is CC1(C)CC(c2ccc(F)c(F)c2F)=CC(O)C1. The summed E-state index contributed by atoms with van der Waals surface area (Å²) < 4.78 is 39.8. The Hall–Kier alpha value is -1.29. The molecule has 0 heterocycles. The lowest BCUT2D eigenvalue weighted by Gasteiger charge is -2.32. The molecule has 0 saturated carbocycles. The van der Waals surface area contributed by atoms with Crippen LogP contribution in [0.1, 0.15) is 32.3 Å². The molecule has 18 heavy (non-hydrogen) atoms. The van der Waals surface area contributed by atoms with Crippen molar-refractivity contribution >= 4 is 5.57 Å². The van der Waals surface area contributed by atoms with E-state index in [4.69, 9.17) is 0 Å². The Kier molecular flexibility index (Phi) is 3.23. The van der Waals surface area contributed by atoms with Gasteiger partial charge in [-0.3, -0.25) is 0 Å². The van der Waals surface area contributed by atoms with Crippen molar-refractivity contribution in [1.82, 2.24) is 0 Å². The predicted molar refractivity (Wildman–Crippen MR) is 63.3 cm³/mol. The number of rotatable bonds is 1. The molecule has 1 aromatic carbocycles. The minimum absolute atomic E-state index is 0.0284. The Bertz CT molecular complexity index is 506. The number of benzene rings is 1. The lowest BCUT2D eigenvalue weighted by atomic mass is 9.74. The number of hydrogen-bond donors (Lipinski definition) is 1. The maximum absolute atomic E-state index is 13.7. The second-order valence-electron chi connectivity index (χ2n) is 5.53. The van der Waals surface area contributed by atoms with E-state index in [0.717, 1.165) is 6.07 Å². The summed E-state index contributed by atoms with van der Waals surface area (Å²) in [4.78, 5) is 0. The average molecular weight is 256 g/mol. The van der Waals surface area contributed by atoms with Crippen molar-refractivity contribution in [1.29, 1.82) is 0 Å². The van der Waals surface area contributed by atoms with Gasteiger partial charge in [-0.1, -0.05) is 19.9 Å². The molecule has 2 rings (SSSR count). The molecule has 1 nitrogen and oxygen atoms in total. The summed E-state index contributed by atoms with van der Waals surface area (Å²) in [6, 6.07) is 2.12. The Morgan fingerprint density at radius 3 is 2.44 bits per heavy atom. The van der Waals surface area contributed by atoms with E-state index in [-0.39, 0.29) is 11.0 Å². The van der Waals surface area contributed by atoms with Gasteiger partial charge in [-0.25, -0.2) is 13.2 Å². The van der Waals surface area contributed by atoms with E-state index >= 15 is 0 Å². The maximum Gasteiger partial charge on any atom is 0.195 e. The van der Waals surface area contributed by atoms with Crippen LogP contribution in [0, 0.1) is 22.9 Å². The first-order valence-corrected chi connectivity index (χ1v) is 5.83. The standard InChI is InChI=1S/C14H15F3O/c1-14(2)6-8(5-9(18)7-14)10-3-4-11(15)13(17)12(10)16/h3-5,9,18H,6-7H2,1-2H3. The Morgan fingerprint density at radius 1 is 1.17 bits per heavy atom. The first kappa shape index (κ1) is 13.1. The monoisotopic (exact) mass is 256 g/mol. The fraction of sp³-hybridized carbons (Fsp3) is 0.429. The molecule has 0 amide bonds. The van der Waals surface area contributed by atoms with Crippen molar-refractivity contribution < 1.29 is 18.3 Å². The summed E-state index contributed by atoms with van der Waals surface area (Å²) in [6.07, 6.45) is 1.92. The van der Waals surface area contributed by atoms with Crippen LogP contribution in [-0.2, 0) is 0 Å². The van der Waals surface area contributed by atoms with Crippen LogP contribution in [0.4, 0.5) is 13.2 Å². The normalized spacial score (nSPS) is 22.8. The molecule has 1 unspecified atom stereocenters. The quantitative estimate of drug-likeness (QED) is 0.760. The molecule has 1 aliphatic rings. The number of halogens is 3. The summed E-state index contributed by atoms with van der Waals surface area (Å²) in [5.41, 5.74) is 0.358. The van der Waals surface area contributed by atoms with E-state index in [0.29, 0.717) is 18.4 Å². The topological polar surface area (TPSA) is 20.2 Å². The minimum atomic E-state index is -1.47. The van der Waals surface area contributed by atoms with E-state index in [1.807, 2.05) is 13.8 Å². The Morgan fingerprint density at radius 2 is 1.83 bits per heavy atom. The molecular formula is C14H15F3O. The summed E-state index contributed by atoms with van der Waals surface area (Å²) in [6.45, 7) is 3.89. The third kappa shape index (κ3) is 2.43. The fourth-order valence-electron chi connectivity index (χ4n) is 2.46. The van der Waals surface area contributed by atoms with Crippen molar-refractivity contribution in [3.8, 4) is 0 Å². The van der Waals surface area contributed by atoms with E-state index in [1.54, 1.807) is 0 Å². The van der Waals surface area contributed by atoms with Gasteiger partial charge < -0.3 is 5.11 Å². The molecular weight excluding hydrogens is 241 g/mol. The molecule has 0 spiro atoms. The number of hydrogen-bond acceptors (Lipinski definition) is 1. The first-order chi connectivity index (χ1) is 8.30. The molecule has 1 aromatic rings. The summed E-state index contributed by atoms with van der Waals surface area (Å²) in [7, 11) is 0. The van der Waals surface area contributed by atoms with E-state index < -0.39 is 23.6 Å². The van der Waals surface area contributed by atoms with Gasteiger partial charge in [0.15, 0.2) is 17.5 Å². The molecule has 1 aliphatic carbocycles. The highest BCUT2D eigenvalue weighted by molar-refractivity contribution is 5.68. The van der Waals surface area contributed by atoms with Gasteiger partial charge in [0, 0.05) is 5.56 Å². The largest absolute Gasteiger partial charge is 0.389 e. The lowest BCUT2D eigenvalue weighted by Crippen LogP contribution is -2.24. The average Bonchev–Trinajstić information content (AvgIpc) is 2.23. The van der Waals surface area contributed by atoms with Crippen LogP contribution in [-0.4, -0.2) is 11.2 Å². The van der Waals surface area contributed by atoms with Crippen LogP contribution in [0.2, 0.25) is 0 Å². The number of aliphatic hydroxyl groups is 1. The second-order valence-corrected chi connectivity index (χ2v) is 5.53. The minimum Gasteiger partial charge on any atom is -0.389 e. The zero-order chi connectivity index (χ0) is 13.5. The highest BCUT2D eigenvalue weighted by Gasteiger charge is 2.30. The fourth-order valence-corrected chi connectivity index (χ4v) is 2.46. The van der Waals surface area contributed by atoms with Gasteiger partial charge in [-0.15, -0.1) is 0 Å². The van der Waals surface area contributed by atoms with Gasteiger partial charge in [0.25, 0.3) is 0 Å². The number of aliphatic hydroxyl groups excluding tert-OH is 1. The van der Waals surface area contributed by atoms with Crippen LogP contribution < -0.4 is 0 Å². The van der Waals surface area contributed by atoms with Crippen molar-refractivity contribution in [3.63, 3.8) is 0 Å². The third-order valence-corrected chi connectivity index (χ3v) is 3.21. The van der Waals surface area contributed by atoms with Gasteiger partial charge in [0.2, 0.25) is 0 Å². The van der Waals surface area contributed by atoms with Crippen LogP contribution >= 0.6 is 0 Å². The van der Waals surface area contributed by atoms with Crippen LogP contribution in [0.3, 0.4) is 0 Å². The van der Waals surface area contributed by atoms with Gasteiger partial charge in [0.1, 0.15) is 0 Å². The molecule has 1 atom stereocenters. The zero-order valence-corrected chi connectivity index (χ0v) is 10.3. The van der Waals surface area contributed by atoms with E-state index in [2.05, 4.69) is 0 Å². The van der Waals surface area contributed by atoms with Crippen molar-refractivity contribution in [2.75, 3.05) is 0 Å². The molecule has 1 N–H and O–H groups in total.